The van der Waals surface area contributed by atoms with Crippen LogP contribution in [0.3, 0.4) is 0 Å². The Bertz CT molecular complexity index is 725. The monoisotopic (exact) mass is 257 g/mol. The highest BCUT2D eigenvalue weighted by Gasteiger charge is 2.09. The summed E-state index contributed by atoms with van der Waals surface area (Å²) in [6.45, 7) is 1.96. The molecule has 0 N–H and O–H groups in total. The number of aromatic nitrogens is 3. The molecule has 0 unspecified atom stereocenters. The van der Waals surface area contributed by atoms with Crippen LogP contribution in [0.1, 0.15) is 5.56 Å². The summed E-state index contributed by atoms with van der Waals surface area (Å²) in [6.07, 6.45) is 6.97. The lowest BCUT2D eigenvalue weighted by Gasteiger charge is -2.04. The summed E-state index contributed by atoms with van der Waals surface area (Å²) in [5, 5.41) is 2.87. The van der Waals surface area contributed by atoms with Crippen LogP contribution in [0.4, 0.5) is 0 Å². The molecule has 0 amide bonds. The topological polar surface area (TPSA) is 39.8 Å². The van der Waals surface area contributed by atoms with Crippen molar-refractivity contribution in [3.63, 3.8) is 0 Å². The Balaban J connectivity index is 2.17. The minimum Gasteiger partial charge on any atom is -0.266 e. The van der Waals surface area contributed by atoms with Gasteiger partial charge in [0.05, 0.1) is 11.9 Å². The van der Waals surface area contributed by atoms with Gasteiger partial charge in [-0.15, -0.1) is 11.3 Å². The van der Waals surface area contributed by atoms with Gasteiger partial charge in [-0.3, -0.25) is 14.1 Å². The maximum Gasteiger partial charge on any atom is 0.338 e. The Morgan fingerprint density at radius 1 is 1.22 bits per heavy atom. The van der Waals surface area contributed by atoms with Crippen LogP contribution in [-0.2, 0) is 0 Å². The quantitative estimate of drug-likeness (QED) is 0.707. The van der Waals surface area contributed by atoms with Crippen LogP contribution < -0.4 is 5.69 Å². The van der Waals surface area contributed by atoms with Gasteiger partial charge in [-0.25, -0.2) is 4.79 Å². The summed E-state index contributed by atoms with van der Waals surface area (Å²) in [5.41, 5.74) is 1.77. The first kappa shape index (κ1) is 11.0. The van der Waals surface area contributed by atoms with E-state index in [1.807, 2.05) is 30.5 Å². The van der Waals surface area contributed by atoms with E-state index in [-0.39, 0.29) is 5.69 Å². The van der Waals surface area contributed by atoms with Crippen LogP contribution in [0.25, 0.3) is 10.7 Å². The molecule has 0 atom stereocenters. The van der Waals surface area contributed by atoms with Crippen molar-refractivity contribution in [1.29, 1.82) is 0 Å². The van der Waals surface area contributed by atoms with Gasteiger partial charge in [0, 0.05) is 18.6 Å². The number of aryl methyl sites for hydroxylation is 1. The molecule has 4 nitrogen and oxygen atoms in total. The molecular formula is C13H11N3OS. The van der Waals surface area contributed by atoms with E-state index < -0.39 is 0 Å². The highest BCUT2D eigenvalue weighted by molar-refractivity contribution is 7.12. The SMILES string of the molecule is Cc1ccncc1-n1ccn(-c2cccs2)c1=O. The number of nitrogens with zero attached hydrogens (tertiary/aromatic N) is 3. The largest absolute Gasteiger partial charge is 0.338 e. The van der Waals surface area contributed by atoms with Crippen LogP contribution in [-0.4, -0.2) is 14.1 Å². The van der Waals surface area contributed by atoms with Gasteiger partial charge in [-0.05, 0) is 36.1 Å². The highest BCUT2D eigenvalue weighted by atomic mass is 32.1. The summed E-state index contributed by atoms with van der Waals surface area (Å²) in [4.78, 5) is 16.4. The third-order valence-corrected chi connectivity index (χ3v) is 3.66. The normalized spacial score (nSPS) is 10.7. The Labute approximate surface area is 108 Å². The summed E-state index contributed by atoms with van der Waals surface area (Å²) >= 11 is 1.54. The molecule has 3 aromatic rings. The Hall–Kier alpha value is -2.14. The molecule has 0 saturated heterocycles. The zero-order valence-corrected chi connectivity index (χ0v) is 10.6. The molecule has 0 aliphatic rings. The number of imidazole rings is 1. The fourth-order valence-corrected chi connectivity index (χ4v) is 2.55. The van der Waals surface area contributed by atoms with Gasteiger partial charge in [0.1, 0.15) is 5.00 Å². The van der Waals surface area contributed by atoms with Gasteiger partial charge in [0.25, 0.3) is 0 Å². The predicted octanol–water partition coefficient (Wildman–Crippen LogP) is 2.39. The first-order valence-corrected chi connectivity index (χ1v) is 6.40. The standard InChI is InChI=1S/C13H11N3OS/c1-10-4-5-14-9-11(10)15-6-7-16(13(15)17)12-3-2-8-18-12/h2-9H,1H3. The molecule has 3 heterocycles. The van der Waals surface area contributed by atoms with Gasteiger partial charge >= 0.3 is 5.69 Å². The molecule has 18 heavy (non-hydrogen) atoms. The molecule has 0 radical (unpaired) electrons. The molecule has 0 bridgehead atoms. The second kappa shape index (κ2) is 4.27. The summed E-state index contributed by atoms with van der Waals surface area (Å²) in [7, 11) is 0. The fourth-order valence-electron chi connectivity index (χ4n) is 1.84. The summed E-state index contributed by atoms with van der Waals surface area (Å²) in [6, 6.07) is 5.75. The van der Waals surface area contributed by atoms with Crippen LogP contribution in [0.2, 0.25) is 0 Å². The van der Waals surface area contributed by atoms with Crippen LogP contribution in [0.5, 0.6) is 0 Å². The van der Waals surface area contributed by atoms with Crippen LogP contribution >= 0.6 is 11.3 Å². The molecule has 0 aliphatic carbocycles. The van der Waals surface area contributed by atoms with E-state index in [0.29, 0.717) is 0 Å². The maximum atomic E-state index is 12.3. The van der Waals surface area contributed by atoms with Crippen LogP contribution in [0.15, 0.2) is 53.2 Å². The number of hydrogen-bond acceptors (Lipinski definition) is 3. The van der Waals surface area contributed by atoms with Crippen molar-refractivity contribution in [2.24, 2.45) is 0 Å². The molecular weight excluding hydrogens is 246 g/mol. The van der Waals surface area contributed by atoms with Gasteiger partial charge < -0.3 is 0 Å². The van der Waals surface area contributed by atoms with E-state index >= 15 is 0 Å². The molecule has 3 rings (SSSR count). The average Bonchev–Trinajstić information content (AvgIpc) is 2.99. The molecule has 3 aromatic heterocycles. The highest BCUT2D eigenvalue weighted by Crippen LogP contribution is 2.14. The second-order valence-corrected chi connectivity index (χ2v) is 4.86. The molecule has 5 heteroatoms. The van der Waals surface area contributed by atoms with Crippen molar-refractivity contribution < 1.29 is 0 Å². The van der Waals surface area contributed by atoms with E-state index in [0.717, 1.165) is 16.3 Å². The molecule has 0 aromatic carbocycles. The predicted molar refractivity (Wildman–Crippen MR) is 71.8 cm³/mol. The van der Waals surface area contributed by atoms with E-state index in [4.69, 9.17) is 0 Å². The zero-order chi connectivity index (χ0) is 12.5. The van der Waals surface area contributed by atoms with E-state index in [1.165, 1.54) is 11.3 Å². The van der Waals surface area contributed by atoms with E-state index in [9.17, 15) is 4.79 Å². The molecule has 90 valence electrons. The lowest BCUT2D eigenvalue weighted by atomic mass is 10.2. The maximum absolute atomic E-state index is 12.3. The number of rotatable bonds is 2. The average molecular weight is 257 g/mol. The number of pyridine rings is 1. The molecule has 0 saturated carbocycles. The van der Waals surface area contributed by atoms with E-state index in [1.54, 1.807) is 33.9 Å². The summed E-state index contributed by atoms with van der Waals surface area (Å²) in [5.74, 6) is 0. The summed E-state index contributed by atoms with van der Waals surface area (Å²) < 4.78 is 3.25. The minimum absolute atomic E-state index is 0.0754. The van der Waals surface area contributed by atoms with Crippen molar-refractivity contribution in [1.82, 2.24) is 14.1 Å². The molecule has 0 aliphatic heterocycles. The molecule has 0 spiro atoms. The number of hydrogen-bond donors (Lipinski definition) is 0. The van der Waals surface area contributed by atoms with Gasteiger partial charge in [0.2, 0.25) is 0 Å². The van der Waals surface area contributed by atoms with Gasteiger partial charge in [0.15, 0.2) is 0 Å². The fraction of sp³-hybridized carbons (Fsp3) is 0.0769. The van der Waals surface area contributed by atoms with Gasteiger partial charge in [-0.2, -0.15) is 0 Å². The number of thiophene rings is 1. The second-order valence-electron chi connectivity index (χ2n) is 3.93. The lowest BCUT2D eigenvalue weighted by Crippen LogP contribution is -2.21. The van der Waals surface area contributed by atoms with Crippen molar-refractivity contribution in [3.05, 3.63) is 64.4 Å². The first-order valence-electron chi connectivity index (χ1n) is 5.52. The first-order chi connectivity index (χ1) is 8.77. The van der Waals surface area contributed by atoms with Gasteiger partial charge in [-0.1, -0.05) is 0 Å². The third-order valence-electron chi connectivity index (χ3n) is 2.79. The zero-order valence-electron chi connectivity index (χ0n) is 9.78. The van der Waals surface area contributed by atoms with Crippen molar-refractivity contribution >= 4 is 11.3 Å². The van der Waals surface area contributed by atoms with Crippen molar-refractivity contribution in [2.75, 3.05) is 0 Å². The smallest absolute Gasteiger partial charge is 0.266 e. The van der Waals surface area contributed by atoms with Crippen molar-refractivity contribution in [2.45, 2.75) is 6.92 Å². The Morgan fingerprint density at radius 2 is 2.06 bits per heavy atom. The minimum atomic E-state index is -0.0754. The lowest BCUT2D eigenvalue weighted by molar-refractivity contribution is 0.907. The van der Waals surface area contributed by atoms with E-state index in [2.05, 4.69) is 4.98 Å². The Kier molecular flexibility index (Phi) is 2.60. The van der Waals surface area contributed by atoms with Crippen LogP contribution in [0, 0.1) is 6.92 Å². The third kappa shape index (κ3) is 1.69. The molecule has 0 fully saturated rings. The van der Waals surface area contributed by atoms with Crippen molar-refractivity contribution in [3.8, 4) is 10.7 Å². The Morgan fingerprint density at radius 3 is 2.78 bits per heavy atom.